The van der Waals surface area contributed by atoms with Crippen molar-refractivity contribution in [3.8, 4) is 0 Å². The fraction of sp³-hybridized carbons (Fsp3) is 0.250. The average Bonchev–Trinajstić information content (AvgIpc) is 2.48. The van der Waals surface area contributed by atoms with E-state index in [2.05, 4.69) is 17.0 Å². The first-order valence-corrected chi connectivity index (χ1v) is 8.49. The summed E-state index contributed by atoms with van der Waals surface area (Å²) in [4.78, 5) is 0.253. The molecule has 0 unspecified atom stereocenters. The molecule has 0 saturated heterocycles. The number of nitrogens with one attached hydrogen (secondary N) is 2. The van der Waals surface area contributed by atoms with Gasteiger partial charge in [0.2, 0.25) is 0 Å². The normalized spacial score (nSPS) is 11.1. The minimum atomic E-state index is -3.54. The monoisotopic (exact) mass is 304 g/mol. The second-order valence-electron chi connectivity index (χ2n) is 4.71. The molecule has 0 atom stereocenters. The molecule has 112 valence electrons. The molecule has 0 spiro atoms. The van der Waals surface area contributed by atoms with E-state index in [9.17, 15) is 8.42 Å². The van der Waals surface area contributed by atoms with E-state index in [0.717, 1.165) is 18.7 Å². The van der Waals surface area contributed by atoms with Gasteiger partial charge in [0.15, 0.2) is 0 Å². The third kappa shape index (κ3) is 3.98. The van der Waals surface area contributed by atoms with Gasteiger partial charge >= 0.3 is 0 Å². The van der Waals surface area contributed by atoms with Gasteiger partial charge in [-0.05, 0) is 55.3 Å². The second kappa shape index (κ2) is 6.63. The van der Waals surface area contributed by atoms with Crippen molar-refractivity contribution in [3.63, 3.8) is 0 Å². The van der Waals surface area contributed by atoms with Crippen LogP contribution in [0.15, 0.2) is 53.4 Å². The molecule has 0 saturated carbocycles. The molecular formula is C16H20N2O2S. The zero-order valence-electron chi connectivity index (χ0n) is 12.3. The third-order valence-electron chi connectivity index (χ3n) is 3.16. The van der Waals surface area contributed by atoms with Crippen LogP contribution < -0.4 is 10.0 Å². The van der Waals surface area contributed by atoms with E-state index in [1.54, 1.807) is 36.4 Å². The average molecular weight is 304 g/mol. The molecule has 0 amide bonds. The van der Waals surface area contributed by atoms with E-state index < -0.39 is 10.0 Å². The van der Waals surface area contributed by atoms with Crippen LogP contribution in [0.1, 0.15) is 19.4 Å². The number of sulfonamides is 1. The third-order valence-corrected chi connectivity index (χ3v) is 4.56. The fourth-order valence-corrected chi connectivity index (χ4v) is 3.04. The van der Waals surface area contributed by atoms with E-state index in [-0.39, 0.29) is 4.90 Å². The number of hydrogen-bond acceptors (Lipinski definition) is 3. The van der Waals surface area contributed by atoms with Gasteiger partial charge in [-0.15, -0.1) is 0 Å². The summed E-state index contributed by atoms with van der Waals surface area (Å²) in [7, 11) is -3.54. The Kier molecular flexibility index (Phi) is 4.85. The summed E-state index contributed by atoms with van der Waals surface area (Å²) < 4.78 is 27.2. The molecule has 5 heteroatoms. The lowest BCUT2D eigenvalue weighted by Crippen LogP contribution is -2.13. The lowest BCUT2D eigenvalue weighted by atomic mass is 10.2. The van der Waals surface area contributed by atoms with Crippen LogP contribution in [0.3, 0.4) is 0 Å². The summed E-state index contributed by atoms with van der Waals surface area (Å²) in [5, 5.41) is 3.13. The maximum atomic E-state index is 12.3. The smallest absolute Gasteiger partial charge is 0.261 e. The molecule has 0 aliphatic rings. The van der Waals surface area contributed by atoms with Gasteiger partial charge in [-0.3, -0.25) is 4.72 Å². The Balaban J connectivity index is 2.16. The highest BCUT2D eigenvalue weighted by Gasteiger charge is 2.13. The van der Waals surface area contributed by atoms with Gasteiger partial charge in [0.25, 0.3) is 10.0 Å². The largest absolute Gasteiger partial charge is 0.385 e. The molecule has 4 nitrogen and oxygen atoms in total. The Hall–Kier alpha value is -2.01. The molecule has 0 fully saturated rings. The van der Waals surface area contributed by atoms with Gasteiger partial charge in [-0.1, -0.05) is 19.1 Å². The molecule has 0 aliphatic heterocycles. The fourth-order valence-electron chi connectivity index (χ4n) is 1.98. The van der Waals surface area contributed by atoms with Gasteiger partial charge in [0.05, 0.1) is 4.90 Å². The Morgan fingerprint density at radius 2 is 1.43 bits per heavy atom. The first kappa shape index (κ1) is 15.4. The summed E-state index contributed by atoms with van der Waals surface area (Å²) in [5.74, 6) is 0. The number of rotatable bonds is 6. The van der Waals surface area contributed by atoms with Gasteiger partial charge in [0, 0.05) is 17.9 Å². The van der Waals surface area contributed by atoms with Gasteiger partial charge in [-0.25, -0.2) is 8.42 Å². The van der Waals surface area contributed by atoms with Crippen LogP contribution in [-0.2, 0) is 16.4 Å². The minimum absolute atomic E-state index is 0.253. The Bertz CT molecular complexity index is 677. The molecule has 2 N–H and O–H groups in total. The molecule has 2 aromatic carbocycles. The second-order valence-corrected chi connectivity index (χ2v) is 6.39. The van der Waals surface area contributed by atoms with Crippen LogP contribution in [0.2, 0.25) is 0 Å². The van der Waals surface area contributed by atoms with Crippen molar-refractivity contribution in [3.05, 3.63) is 54.1 Å². The molecule has 0 aromatic heterocycles. The summed E-state index contributed by atoms with van der Waals surface area (Å²) >= 11 is 0. The van der Waals surface area contributed by atoms with E-state index >= 15 is 0 Å². The lowest BCUT2D eigenvalue weighted by molar-refractivity contribution is 0.601. The molecule has 0 bridgehead atoms. The first-order chi connectivity index (χ1) is 10.0. The first-order valence-electron chi connectivity index (χ1n) is 7.01. The minimum Gasteiger partial charge on any atom is -0.385 e. The van der Waals surface area contributed by atoms with Gasteiger partial charge < -0.3 is 5.32 Å². The number of aryl methyl sites for hydroxylation is 1. The molecule has 0 heterocycles. The number of hydrogen-bond donors (Lipinski definition) is 2. The molecule has 2 aromatic rings. The quantitative estimate of drug-likeness (QED) is 0.859. The zero-order chi connectivity index (χ0) is 15.3. The SMILES string of the molecule is CCNc1ccc(S(=O)(=O)Nc2ccc(CC)cc2)cc1. The Labute approximate surface area is 126 Å². The van der Waals surface area contributed by atoms with Crippen molar-refractivity contribution in [1.82, 2.24) is 0 Å². The summed E-state index contributed by atoms with van der Waals surface area (Å²) in [5.41, 5.74) is 2.65. The number of benzene rings is 2. The van der Waals surface area contributed by atoms with Crippen molar-refractivity contribution in [2.45, 2.75) is 25.2 Å². The van der Waals surface area contributed by atoms with Crippen LogP contribution in [0.25, 0.3) is 0 Å². The van der Waals surface area contributed by atoms with E-state index in [0.29, 0.717) is 5.69 Å². The summed E-state index contributed by atoms with van der Waals surface area (Å²) in [6, 6.07) is 14.1. The molecule has 2 rings (SSSR count). The van der Waals surface area contributed by atoms with Crippen LogP contribution in [-0.4, -0.2) is 15.0 Å². The standard InChI is InChI=1S/C16H20N2O2S/c1-3-13-5-7-15(8-6-13)18-21(19,20)16-11-9-14(10-12-16)17-4-2/h5-12,17-18H,3-4H2,1-2H3. The highest BCUT2D eigenvalue weighted by Crippen LogP contribution is 2.18. The van der Waals surface area contributed by atoms with Gasteiger partial charge in [-0.2, -0.15) is 0 Å². The van der Waals surface area contributed by atoms with E-state index in [1.165, 1.54) is 5.56 Å². The van der Waals surface area contributed by atoms with Crippen LogP contribution in [0.4, 0.5) is 11.4 Å². The van der Waals surface area contributed by atoms with Crippen LogP contribution in [0.5, 0.6) is 0 Å². The maximum absolute atomic E-state index is 12.3. The summed E-state index contributed by atoms with van der Waals surface area (Å²) in [6.45, 7) is 4.85. The predicted octanol–water partition coefficient (Wildman–Crippen LogP) is 3.48. The van der Waals surface area contributed by atoms with Crippen LogP contribution in [0, 0.1) is 0 Å². The van der Waals surface area contributed by atoms with Crippen molar-refractivity contribution < 1.29 is 8.42 Å². The molecular weight excluding hydrogens is 284 g/mol. The van der Waals surface area contributed by atoms with Crippen LogP contribution >= 0.6 is 0 Å². The maximum Gasteiger partial charge on any atom is 0.261 e. The lowest BCUT2D eigenvalue weighted by Gasteiger charge is -2.09. The summed E-state index contributed by atoms with van der Waals surface area (Å²) in [6.07, 6.45) is 0.929. The van der Waals surface area contributed by atoms with Crippen molar-refractivity contribution in [2.75, 3.05) is 16.6 Å². The number of anilines is 2. The van der Waals surface area contributed by atoms with Crippen molar-refractivity contribution in [1.29, 1.82) is 0 Å². The van der Waals surface area contributed by atoms with Crippen molar-refractivity contribution in [2.24, 2.45) is 0 Å². The van der Waals surface area contributed by atoms with E-state index in [4.69, 9.17) is 0 Å². The Morgan fingerprint density at radius 3 is 1.95 bits per heavy atom. The topological polar surface area (TPSA) is 58.2 Å². The highest BCUT2D eigenvalue weighted by atomic mass is 32.2. The molecule has 21 heavy (non-hydrogen) atoms. The van der Waals surface area contributed by atoms with Crippen molar-refractivity contribution >= 4 is 21.4 Å². The highest BCUT2D eigenvalue weighted by molar-refractivity contribution is 7.92. The van der Waals surface area contributed by atoms with Gasteiger partial charge in [0.1, 0.15) is 0 Å². The zero-order valence-corrected chi connectivity index (χ0v) is 13.1. The molecule has 0 aliphatic carbocycles. The Morgan fingerprint density at radius 1 is 0.857 bits per heavy atom. The molecule has 0 radical (unpaired) electrons. The van der Waals surface area contributed by atoms with E-state index in [1.807, 2.05) is 19.1 Å². The predicted molar refractivity (Wildman–Crippen MR) is 87.2 cm³/mol.